The topological polar surface area (TPSA) is 298 Å². The lowest BCUT2D eigenvalue weighted by molar-refractivity contribution is -0.265. The summed E-state index contributed by atoms with van der Waals surface area (Å²) in [5, 5.41) is 37.7. The number of nitrogens with two attached hydrogens (primary N) is 1. The molecule has 4 rings (SSSR count). The Morgan fingerprint density at radius 1 is 0.733 bits per heavy atom. The summed E-state index contributed by atoms with van der Waals surface area (Å²) in [6.45, 7) is 19.3. The Labute approximate surface area is 539 Å². The van der Waals surface area contributed by atoms with Crippen LogP contribution in [0.2, 0.25) is 0 Å². The number of aliphatic hydroxyl groups excluding tert-OH is 2. The van der Waals surface area contributed by atoms with Gasteiger partial charge >= 0.3 is 5.97 Å². The Kier molecular flexibility index (Phi) is 37.6. The van der Waals surface area contributed by atoms with Crippen molar-refractivity contribution in [1.29, 1.82) is 0 Å². The number of thiocarbonyl (C=S) groups is 1. The fourth-order valence-corrected chi connectivity index (χ4v) is 11.9. The number of piperidine rings is 1. The van der Waals surface area contributed by atoms with Crippen molar-refractivity contribution >= 4 is 46.6 Å². The lowest BCUT2D eigenvalue weighted by Crippen LogP contribution is -2.61. The van der Waals surface area contributed by atoms with E-state index < -0.39 is 101 Å². The van der Waals surface area contributed by atoms with Crippen LogP contribution in [0.4, 0.5) is 0 Å². The summed E-state index contributed by atoms with van der Waals surface area (Å²) >= 11 is 5.54. The second kappa shape index (κ2) is 43.1. The minimum Gasteiger partial charge on any atom is -0.465 e. The minimum absolute atomic E-state index is 0.0232. The number of carbonyl (C=O) groups is 5. The maximum Gasteiger partial charge on any atom is 0.329 e. The summed E-state index contributed by atoms with van der Waals surface area (Å²) in [5.74, 6) is -8.97. The van der Waals surface area contributed by atoms with Gasteiger partial charge in [0.1, 0.15) is 36.2 Å². The van der Waals surface area contributed by atoms with Crippen molar-refractivity contribution in [1.82, 2.24) is 10.2 Å². The molecule has 1 amide bonds. The average Bonchev–Trinajstić information content (AvgIpc) is 0.874. The summed E-state index contributed by atoms with van der Waals surface area (Å²) in [6.07, 6.45) is 8.64. The van der Waals surface area contributed by atoms with E-state index >= 15 is 0 Å². The van der Waals surface area contributed by atoms with Crippen LogP contribution in [0.25, 0.3) is 0 Å². The standard InChI is InChI=1S/C66H109N3O20S/c1-10-80-26-27-82-30-31-84-34-35-86-37-36-85-33-32-83-29-28-81-25-23-68-65(90)88-55-22-20-50(41-58(55)79-9)40-52(67)57-43-54(70)46(4)39-48(6)60(72)61(73)59(71)47(5)38-44(2)16-12-11-13-17-45(3)56(78-8)42-51-21-19-49(7)66(77,89-51)62(74)63(75)69-24-15-14-18-53(69)64(76)87-57/h11-13,16-17,39,44,46-47,49-53,55-58,60-61,72-73,77H,10,14-15,18-38,40-43,67H2,1-9H3,(H,68,90)/b13-11+,16-12+,45-17+,48-39+/t44-,46-,47?,49-,50+,51+,52-,53+,55-,56?,57+,58-,60-,61+,66-/m1/s1. The van der Waals surface area contributed by atoms with Crippen LogP contribution in [0.5, 0.6) is 0 Å². The molecule has 2 unspecified atom stereocenters. The number of allylic oxidation sites excluding steroid dienone is 6. The van der Waals surface area contributed by atoms with Crippen LogP contribution in [0.15, 0.2) is 47.6 Å². The SMILES string of the molecule is CCOCCOCCOCCOCCOCCOCCOCCNC(=S)O[C@@H]1CC[C@@H](C[C@@H](N)[C@@H]2CC(=O)[C@H](C)/C=C(\C)[C@@H](O)[C@@H](O)C(=O)C(C)C[C@H](C)/C=C/C=C/C=C(\C)C(OC)C[C@@H]3CC[C@@H](C)[C@@](O)(O3)C(=O)C(=O)N3CCCC[C@H]3C(=O)O2)C[C@H]1OC. The zero-order valence-electron chi connectivity index (χ0n) is 55.1. The highest BCUT2D eigenvalue weighted by Gasteiger charge is 2.53. The van der Waals surface area contributed by atoms with E-state index in [1.165, 1.54) is 13.0 Å². The number of fused-ring (bicyclic) bond motifs is 3. The van der Waals surface area contributed by atoms with Crippen LogP contribution < -0.4 is 11.1 Å². The third kappa shape index (κ3) is 27.2. The molecule has 2 bridgehead atoms. The summed E-state index contributed by atoms with van der Waals surface area (Å²) < 4.78 is 68.8. The normalized spacial score (nSPS) is 32.4. The average molecular weight is 1300 g/mol. The molecule has 0 aromatic rings. The Hall–Kier alpha value is -3.96. The van der Waals surface area contributed by atoms with Gasteiger partial charge in [-0.05, 0) is 120 Å². The van der Waals surface area contributed by atoms with Gasteiger partial charge in [0.25, 0.3) is 16.9 Å². The van der Waals surface area contributed by atoms with Gasteiger partial charge in [-0.3, -0.25) is 19.2 Å². The van der Waals surface area contributed by atoms with Gasteiger partial charge in [0.05, 0.1) is 104 Å². The van der Waals surface area contributed by atoms with E-state index in [-0.39, 0.29) is 54.5 Å². The van der Waals surface area contributed by atoms with Crippen molar-refractivity contribution in [3.05, 3.63) is 47.6 Å². The van der Waals surface area contributed by atoms with Crippen molar-refractivity contribution in [3.63, 3.8) is 0 Å². The highest BCUT2D eigenvalue weighted by Crippen LogP contribution is 2.37. The molecule has 2 saturated heterocycles. The number of ether oxygens (including phenoxy) is 12. The molecule has 24 heteroatoms. The molecule has 6 N–H and O–H groups in total. The van der Waals surface area contributed by atoms with Gasteiger partial charge in [-0.15, -0.1) is 0 Å². The molecule has 23 nitrogen and oxygen atoms in total. The highest BCUT2D eigenvalue weighted by atomic mass is 32.1. The maximum atomic E-state index is 14.6. The second-order valence-electron chi connectivity index (χ2n) is 24.2. The summed E-state index contributed by atoms with van der Waals surface area (Å²) in [4.78, 5) is 72.3. The molecule has 0 spiro atoms. The number of ketones is 3. The first-order chi connectivity index (χ1) is 43.1. The predicted molar refractivity (Wildman–Crippen MR) is 340 cm³/mol. The summed E-state index contributed by atoms with van der Waals surface area (Å²) in [6, 6.07) is -2.15. The van der Waals surface area contributed by atoms with Gasteiger partial charge < -0.3 is 88.1 Å². The fourth-order valence-electron chi connectivity index (χ4n) is 11.7. The molecule has 15 atom stereocenters. The first-order valence-electron chi connectivity index (χ1n) is 32.5. The van der Waals surface area contributed by atoms with Crippen molar-refractivity contribution in [3.8, 4) is 0 Å². The fraction of sp³-hybridized carbons (Fsp3) is 0.788. The number of carbonyl (C=O) groups excluding carboxylic acids is 5. The van der Waals surface area contributed by atoms with Gasteiger partial charge in [-0.2, -0.15) is 0 Å². The first kappa shape index (κ1) is 78.5. The van der Waals surface area contributed by atoms with Crippen molar-refractivity contribution in [2.24, 2.45) is 35.3 Å². The van der Waals surface area contributed by atoms with Crippen LogP contribution in [-0.4, -0.2) is 235 Å². The Balaban J connectivity index is 1.37. The smallest absolute Gasteiger partial charge is 0.329 e. The molecule has 514 valence electrons. The van der Waals surface area contributed by atoms with E-state index in [0.717, 1.165) is 10.5 Å². The van der Waals surface area contributed by atoms with E-state index in [1.807, 2.05) is 51.2 Å². The van der Waals surface area contributed by atoms with Gasteiger partial charge in [0.15, 0.2) is 5.78 Å². The zero-order chi connectivity index (χ0) is 66.0. The van der Waals surface area contributed by atoms with Crippen molar-refractivity contribution in [2.75, 3.05) is 120 Å². The van der Waals surface area contributed by atoms with Gasteiger partial charge in [0.2, 0.25) is 5.79 Å². The number of esters is 1. The quantitative estimate of drug-likeness (QED) is 0.0220. The molecule has 0 radical (unpaired) electrons. The number of aliphatic hydroxyl groups is 3. The number of nitrogens with zero attached hydrogens (tertiary/aromatic N) is 1. The van der Waals surface area contributed by atoms with E-state index in [2.05, 4.69) is 5.32 Å². The number of amides is 1. The Morgan fingerprint density at radius 3 is 1.94 bits per heavy atom. The van der Waals surface area contributed by atoms with Crippen LogP contribution in [-0.2, 0) is 80.8 Å². The number of hydrogen-bond donors (Lipinski definition) is 5. The molecule has 1 saturated carbocycles. The Morgan fingerprint density at radius 2 is 1.34 bits per heavy atom. The number of hydrogen-bond acceptors (Lipinski definition) is 22. The summed E-state index contributed by atoms with van der Waals surface area (Å²) in [7, 11) is 3.14. The molecule has 1 aliphatic carbocycles. The van der Waals surface area contributed by atoms with Crippen molar-refractivity contribution in [2.45, 2.75) is 186 Å². The molecule has 0 aromatic carbocycles. The van der Waals surface area contributed by atoms with Crippen molar-refractivity contribution < 1.29 is 96.1 Å². The minimum atomic E-state index is -2.49. The van der Waals surface area contributed by atoms with E-state index in [4.69, 9.17) is 74.8 Å². The van der Waals surface area contributed by atoms with E-state index in [0.29, 0.717) is 157 Å². The monoisotopic (exact) mass is 1300 g/mol. The molecule has 90 heavy (non-hydrogen) atoms. The third-order valence-electron chi connectivity index (χ3n) is 17.2. The third-order valence-corrected chi connectivity index (χ3v) is 17.4. The molecular formula is C66H109N3O20S. The number of rotatable bonds is 28. The molecule has 4 aliphatic rings. The van der Waals surface area contributed by atoms with Gasteiger partial charge in [0, 0.05) is 70.6 Å². The largest absolute Gasteiger partial charge is 0.465 e. The molecule has 0 aromatic heterocycles. The lowest BCUT2D eigenvalue weighted by atomic mass is 9.80. The van der Waals surface area contributed by atoms with Gasteiger partial charge in [-0.25, -0.2) is 4.79 Å². The highest BCUT2D eigenvalue weighted by molar-refractivity contribution is 7.80. The molecule has 3 heterocycles. The van der Waals surface area contributed by atoms with E-state index in [1.54, 1.807) is 35.0 Å². The molecule has 3 aliphatic heterocycles. The number of cyclic esters (lactones) is 1. The zero-order valence-corrected chi connectivity index (χ0v) is 55.9. The molecular weight excluding hydrogens is 1190 g/mol. The van der Waals surface area contributed by atoms with Crippen LogP contribution >= 0.6 is 12.2 Å². The van der Waals surface area contributed by atoms with E-state index in [9.17, 15) is 39.3 Å². The predicted octanol–water partition coefficient (Wildman–Crippen LogP) is 5.25. The number of nitrogens with one attached hydrogen (secondary N) is 1. The molecule has 3 fully saturated rings. The first-order valence-corrected chi connectivity index (χ1v) is 32.9. The van der Waals surface area contributed by atoms with Gasteiger partial charge in [-0.1, -0.05) is 64.2 Å². The van der Waals surface area contributed by atoms with Crippen LogP contribution in [0, 0.1) is 29.6 Å². The van der Waals surface area contributed by atoms with Crippen LogP contribution in [0.1, 0.15) is 126 Å². The number of methoxy groups -OCH3 is 2. The second-order valence-corrected chi connectivity index (χ2v) is 24.6. The number of Topliss-reactive ketones (excluding diaryl/α,β-unsaturated/α-hetero) is 3. The van der Waals surface area contributed by atoms with Crippen LogP contribution in [0.3, 0.4) is 0 Å². The lowest BCUT2D eigenvalue weighted by Gasteiger charge is -2.42. The maximum absolute atomic E-state index is 14.6. The summed E-state index contributed by atoms with van der Waals surface area (Å²) in [5.41, 5.74) is 8.06. The Bertz CT molecular complexity index is 2290.